The number of pyridine rings is 1. The number of fused-ring (bicyclic) bond motifs is 2. The maximum absolute atomic E-state index is 11.6. The molecule has 1 aliphatic heterocycles. The highest BCUT2D eigenvalue weighted by molar-refractivity contribution is 6.35. The van der Waals surface area contributed by atoms with E-state index in [1.807, 2.05) is 0 Å². The van der Waals surface area contributed by atoms with E-state index in [1.165, 1.54) is 13.2 Å². The molecule has 0 bridgehead atoms. The summed E-state index contributed by atoms with van der Waals surface area (Å²) in [4.78, 5) is 15.8. The zero-order chi connectivity index (χ0) is 14.1. The third kappa shape index (κ3) is 2.25. The molecule has 0 spiro atoms. The van der Waals surface area contributed by atoms with Crippen LogP contribution in [0.5, 0.6) is 11.5 Å². The maximum atomic E-state index is 11.6. The molecule has 0 radical (unpaired) electrons. The van der Waals surface area contributed by atoms with Gasteiger partial charge in [-0.2, -0.15) is 0 Å². The van der Waals surface area contributed by atoms with E-state index in [9.17, 15) is 4.79 Å². The predicted molar refractivity (Wildman–Crippen MR) is 73.7 cm³/mol. The van der Waals surface area contributed by atoms with Gasteiger partial charge >= 0.3 is 5.97 Å². The van der Waals surface area contributed by atoms with E-state index < -0.39 is 5.97 Å². The number of carbonyl (C=O) groups excluding carboxylic acids is 1. The minimum atomic E-state index is -0.527. The highest BCUT2D eigenvalue weighted by atomic mass is 35.5. The van der Waals surface area contributed by atoms with Crippen molar-refractivity contribution in [3.05, 3.63) is 28.9 Å². The largest absolute Gasteiger partial charge is 0.490 e. The summed E-state index contributed by atoms with van der Waals surface area (Å²) in [5, 5.41) is 1.13. The molecule has 3 rings (SSSR count). The number of halogens is 1. The average Bonchev–Trinajstić information content (AvgIpc) is 2.69. The lowest BCUT2D eigenvalue weighted by atomic mass is 10.1. The van der Waals surface area contributed by atoms with Gasteiger partial charge in [-0.3, -0.25) is 0 Å². The lowest BCUT2D eigenvalue weighted by Gasteiger charge is -2.10. The van der Waals surface area contributed by atoms with Crippen molar-refractivity contribution in [2.45, 2.75) is 6.42 Å². The molecule has 6 heteroatoms. The highest BCUT2D eigenvalue weighted by Crippen LogP contribution is 2.36. The third-order valence-electron chi connectivity index (χ3n) is 3.02. The van der Waals surface area contributed by atoms with Gasteiger partial charge in [0.1, 0.15) is 0 Å². The first-order valence-electron chi connectivity index (χ1n) is 6.17. The fraction of sp³-hybridized carbons (Fsp3) is 0.286. The van der Waals surface area contributed by atoms with Gasteiger partial charge in [0.05, 0.1) is 30.9 Å². The molecule has 1 aliphatic rings. The molecular weight excluding hydrogens is 282 g/mol. The topological polar surface area (TPSA) is 57.7 Å². The molecule has 0 N–H and O–H groups in total. The summed E-state index contributed by atoms with van der Waals surface area (Å²) >= 11 is 6.20. The van der Waals surface area contributed by atoms with Gasteiger partial charge in [-0.15, -0.1) is 0 Å². The van der Waals surface area contributed by atoms with Crippen molar-refractivity contribution in [1.82, 2.24) is 4.98 Å². The van der Waals surface area contributed by atoms with E-state index in [0.29, 0.717) is 40.6 Å². The smallest absolute Gasteiger partial charge is 0.356 e. The molecule has 0 atom stereocenters. The van der Waals surface area contributed by atoms with Crippen molar-refractivity contribution in [3.8, 4) is 11.5 Å². The summed E-state index contributed by atoms with van der Waals surface area (Å²) in [5.74, 6) is 0.728. The number of methoxy groups -OCH3 is 1. The second-order valence-electron chi connectivity index (χ2n) is 4.35. The fourth-order valence-corrected chi connectivity index (χ4v) is 2.31. The number of ether oxygens (including phenoxy) is 3. The molecular formula is C14H12ClNO4. The van der Waals surface area contributed by atoms with Crippen molar-refractivity contribution in [3.63, 3.8) is 0 Å². The molecule has 5 nitrogen and oxygen atoms in total. The number of aromatic nitrogens is 1. The zero-order valence-corrected chi connectivity index (χ0v) is 11.6. The maximum Gasteiger partial charge on any atom is 0.356 e. The fourth-order valence-electron chi connectivity index (χ4n) is 2.05. The molecule has 2 heterocycles. The van der Waals surface area contributed by atoms with Crippen LogP contribution in [0.4, 0.5) is 0 Å². The van der Waals surface area contributed by atoms with Crippen LogP contribution in [0.3, 0.4) is 0 Å². The van der Waals surface area contributed by atoms with Gasteiger partial charge in [0, 0.05) is 17.9 Å². The summed E-state index contributed by atoms with van der Waals surface area (Å²) in [7, 11) is 1.30. The number of carbonyl (C=O) groups is 1. The van der Waals surface area contributed by atoms with E-state index in [1.54, 1.807) is 12.1 Å². The van der Waals surface area contributed by atoms with Crippen LogP contribution in [0.15, 0.2) is 18.2 Å². The van der Waals surface area contributed by atoms with Crippen molar-refractivity contribution in [1.29, 1.82) is 0 Å². The molecule has 2 aromatic rings. The van der Waals surface area contributed by atoms with Crippen molar-refractivity contribution in [2.75, 3.05) is 20.3 Å². The Labute approximate surface area is 120 Å². The monoisotopic (exact) mass is 293 g/mol. The van der Waals surface area contributed by atoms with Gasteiger partial charge in [-0.25, -0.2) is 9.78 Å². The second kappa shape index (κ2) is 5.17. The van der Waals surface area contributed by atoms with Gasteiger partial charge in [0.15, 0.2) is 17.2 Å². The molecule has 0 amide bonds. The van der Waals surface area contributed by atoms with E-state index in [4.69, 9.17) is 21.1 Å². The Morgan fingerprint density at radius 3 is 2.65 bits per heavy atom. The van der Waals surface area contributed by atoms with Crippen LogP contribution in [-0.4, -0.2) is 31.3 Å². The Bertz CT molecular complexity index is 686. The standard InChI is InChI=1S/C14H12ClNO4/c1-18-14(17)11-6-9(15)8-5-12-13(7-10(8)16-11)20-4-2-3-19-12/h5-7H,2-4H2,1H3. The number of nitrogens with zero attached hydrogens (tertiary/aromatic N) is 1. The van der Waals surface area contributed by atoms with Crippen LogP contribution in [0.2, 0.25) is 5.02 Å². The molecule has 104 valence electrons. The minimum Gasteiger partial charge on any atom is -0.490 e. The van der Waals surface area contributed by atoms with E-state index in [2.05, 4.69) is 9.72 Å². The molecule has 0 fully saturated rings. The van der Waals surface area contributed by atoms with Crippen LogP contribution in [-0.2, 0) is 4.74 Å². The molecule has 0 saturated heterocycles. The predicted octanol–water partition coefficient (Wildman–Crippen LogP) is 2.84. The van der Waals surface area contributed by atoms with Gasteiger partial charge in [-0.05, 0) is 12.1 Å². The average molecular weight is 294 g/mol. The Kier molecular flexibility index (Phi) is 3.36. The Hall–Kier alpha value is -2.01. The summed E-state index contributed by atoms with van der Waals surface area (Å²) in [5.41, 5.74) is 0.738. The first-order chi connectivity index (χ1) is 9.69. The van der Waals surface area contributed by atoms with Gasteiger partial charge in [0.25, 0.3) is 0 Å². The molecule has 0 aliphatic carbocycles. The zero-order valence-electron chi connectivity index (χ0n) is 10.8. The lowest BCUT2D eigenvalue weighted by Crippen LogP contribution is -2.04. The number of rotatable bonds is 1. The van der Waals surface area contributed by atoms with E-state index in [0.717, 1.165) is 6.42 Å². The van der Waals surface area contributed by atoms with Crippen LogP contribution in [0.1, 0.15) is 16.9 Å². The van der Waals surface area contributed by atoms with Gasteiger partial charge < -0.3 is 14.2 Å². The van der Waals surface area contributed by atoms with Crippen LogP contribution < -0.4 is 9.47 Å². The summed E-state index contributed by atoms with van der Waals surface area (Å²) in [6, 6.07) is 5.00. The summed E-state index contributed by atoms with van der Waals surface area (Å²) in [6.07, 6.45) is 0.819. The van der Waals surface area contributed by atoms with Crippen LogP contribution in [0, 0.1) is 0 Å². The number of esters is 1. The normalized spacial score (nSPS) is 13.9. The number of hydrogen-bond acceptors (Lipinski definition) is 5. The quantitative estimate of drug-likeness (QED) is 0.757. The highest BCUT2D eigenvalue weighted by Gasteiger charge is 2.16. The second-order valence-corrected chi connectivity index (χ2v) is 4.75. The first-order valence-corrected chi connectivity index (χ1v) is 6.55. The first kappa shape index (κ1) is 13.0. The van der Waals surface area contributed by atoms with Gasteiger partial charge in [0.2, 0.25) is 0 Å². The van der Waals surface area contributed by atoms with E-state index >= 15 is 0 Å². The number of hydrogen-bond donors (Lipinski definition) is 0. The molecule has 0 unspecified atom stereocenters. The van der Waals surface area contributed by atoms with Gasteiger partial charge in [-0.1, -0.05) is 11.6 Å². The Morgan fingerprint density at radius 1 is 1.25 bits per heavy atom. The minimum absolute atomic E-state index is 0.166. The van der Waals surface area contributed by atoms with Crippen molar-refractivity contribution < 1.29 is 19.0 Å². The van der Waals surface area contributed by atoms with Crippen LogP contribution >= 0.6 is 11.6 Å². The third-order valence-corrected chi connectivity index (χ3v) is 3.33. The summed E-state index contributed by atoms with van der Waals surface area (Å²) in [6.45, 7) is 1.19. The Balaban J connectivity index is 2.18. The number of benzene rings is 1. The lowest BCUT2D eigenvalue weighted by molar-refractivity contribution is 0.0594. The molecule has 1 aromatic heterocycles. The van der Waals surface area contributed by atoms with Crippen molar-refractivity contribution in [2.24, 2.45) is 0 Å². The SMILES string of the molecule is COC(=O)c1cc(Cl)c2cc3c(cc2n1)OCCCO3. The molecule has 0 saturated carbocycles. The van der Waals surface area contributed by atoms with Crippen LogP contribution in [0.25, 0.3) is 10.9 Å². The summed E-state index contributed by atoms with van der Waals surface area (Å²) < 4.78 is 15.9. The van der Waals surface area contributed by atoms with Crippen molar-refractivity contribution >= 4 is 28.5 Å². The molecule has 1 aromatic carbocycles. The Morgan fingerprint density at radius 2 is 1.95 bits per heavy atom. The van der Waals surface area contributed by atoms with E-state index in [-0.39, 0.29) is 5.69 Å². The molecule has 20 heavy (non-hydrogen) atoms.